The number of aromatic nitrogens is 3. The smallest absolute Gasteiger partial charge is 0.410 e. The summed E-state index contributed by atoms with van der Waals surface area (Å²) in [6.07, 6.45) is 4.83. The Hall–Kier alpha value is -3.47. The Bertz CT molecular complexity index is 1270. The molecule has 0 bridgehead atoms. The van der Waals surface area contributed by atoms with Crippen LogP contribution in [0.2, 0.25) is 0 Å². The second kappa shape index (κ2) is 10.9. The molecule has 5 rings (SSSR count). The van der Waals surface area contributed by atoms with E-state index in [1.807, 2.05) is 49.5 Å². The van der Waals surface area contributed by atoms with Crippen molar-refractivity contribution in [2.45, 2.75) is 32.0 Å². The second-order valence-electron chi connectivity index (χ2n) is 9.77. The zero-order valence-corrected chi connectivity index (χ0v) is 21.7. The Morgan fingerprint density at radius 3 is 2.73 bits per heavy atom. The predicted octanol–water partition coefficient (Wildman–Crippen LogP) is 3.35. The van der Waals surface area contributed by atoms with Gasteiger partial charge in [0.2, 0.25) is 5.95 Å². The fourth-order valence-electron chi connectivity index (χ4n) is 4.99. The lowest BCUT2D eigenvalue weighted by atomic mass is 10.0. The molecule has 196 valence electrons. The molecule has 37 heavy (non-hydrogen) atoms. The number of carbonyl (C=O) groups is 1. The number of nitrogens with zero attached hydrogens (tertiary/aromatic N) is 6. The number of aliphatic hydroxyl groups is 1. The quantitative estimate of drug-likeness (QED) is 0.505. The molecule has 0 spiro atoms. The molecule has 0 radical (unpaired) electrons. The van der Waals surface area contributed by atoms with Gasteiger partial charge in [-0.05, 0) is 69.3 Å². The first kappa shape index (κ1) is 25.2. The van der Waals surface area contributed by atoms with E-state index in [4.69, 9.17) is 9.72 Å². The van der Waals surface area contributed by atoms with Crippen LogP contribution in [0, 0.1) is 0 Å². The molecule has 2 aromatic heterocycles. The molecule has 4 heterocycles. The highest BCUT2D eigenvalue weighted by Crippen LogP contribution is 2.28. The number of likely N-dealkylation sites (N-methyl/N-ethyl adjacent to an activating group) is 1. The molecule has 0 aliphatic carbocycles. The highest BCUT2D eigenvalue weighted by Gasteiger charge is 2.29. The molecular formula is C27H35N7O3. The van der Waals surface area contributed by atoms with Gasteiger partial charge in [0.1, 0.15) is 6.23 Å². The fraction of sp³-hybridized carbons (Fsp3) is 0.444. The molecule has 1 aromatic carbocycles. The Labute approximate surface area is 217 Å². The topological polar surface area (TPSA) is 98.5 Å². The molecule has 10 heteroatoms. The molecule has 2 N–H and O–H groups in total. The van der Waals surface area contributed by atoms with Crippen molar-refractivity contribution in [1.82, 2.24) is 29.3 Å². The van der Waals surface area contributed by atoms with Crippen molar-refractivity contribution in [3.8, 4) is 0 Å². The standard InChI is InChI=1S/C27H35N7O3/c1-4-37-27(36)32-15-11-19(12-16-32)23-6-5-14-34-24(23)29-26(30-34)28-21-9-7-20(8-10-21)25(35)33-17-13-22(18-33)31(2)3/h5-11,14,22,25,35H,4,12-13,15-18H2,1-3H3,(H,28,30). The Morgan fingerprint density at radius 1 is 1.24 bits per heavy atom. The van der Waals surface area contributed by atoms with Crippen LogP contribution < -0.4 is 5.32 Å². The molecule has 2 atom stereocenters. The monoisotopic (exact) mass is 505 g/mol. The van der Waals surface area contributed by atoms with E-state index < -0.39 is 6.23 Å². The zero-order chi connectivity index (χ0) is 25.9. The van der Waals surface area contributed by atoms with Gasteiger partial charge in [-0.2, -0.15) is 4.98 Å². The minimum absolute atomic E-state index is 0.276. The molecule has 1 amide bonds. The van der Waals surface area contributed by atoms with E-state index >= 15 is 0 Å². The maximum atomic E-state index is 12.0. The Balaban J connectivity index is 1.27. The summed E-state index contributed by atoms with van der Waals surface area (Å²) in [7, 11) is 4.17. The van der Waals surface area contributed by atoms with Gasteiger partial charge in [0.15, 0.2) is 5.65 Å². The molecule has 1 saturated heterocycles. The fourth-order valence-corrected chi connectivity index (χ4v) is 4.99. The number of nitrogens with one attached hydrogen (secondary N) is 1. The van der Waals surface area contributed by atoms with Crippen molar-refractivity contribution < 1.29 is 14.6 Å². The van der Waals surface area contributed by atoms with Crippen LogP contribution >= 0.6 is 0 Å². The summed E-state index contributed by atoms with van der Waals surface area (Å²) in [4.78, 5) is 22.8. The number of hydrogen-bond acceptors (Lipinski definition) is 8. The largest absolute Gasteiger partial charge is 0.450 e. The van der Waals surface area contributed by atoms with Gasteiger partial charge in [-0.15, -0.1) is 5.10 Å². The van der Waals surface area contributed by atoms with Crippen molar-refractivity contribution in [3.63, 3.8) is 0 Å². The average molecular weight is 506 g/mol. The van der Waals surface area contributed by atoms with Crippen LogP contribution in [0.1, 0.15) is 37.1 Å². The number of benzene rings is 1. The number of hydrogen-bond donors (Lipinski definition) is 2. The lowest BCUT2D eigenvalue weighted by molar-refractivity contribution is 0.0150. The average Bonchev–Trinajstić information content (AvgIpc) is 3.56. The summed E-state index contributed by atoms with van der Waals surface area (Å²) >= 11 is 0. The van der Waals surface area contributed by atoms with Crippen molar-refractivity contribution in [1.29, 1.82) is 0 Å². The molecule has 2 aliphatic rings. The highest BCUT2D eigenvalue weighted by atomic mass is 16.6. The first-order valence-corrected chi connectivity index (χ1v) is 12.8. The van der Waals surface area contributed by atoms with Gasteiger partial charge in [0.05, 0.1) is 6.61 Å². The molecule has 3 aromatic rings. The van der Waals surface area contributed by atoms with Crippen LogP contribution in [0.4, 0.5) is 16.4 Å². The van der Waals surface area contributed by atoms with Crippen LogP contribution in [-0.4, -0.2) is 93.4 Å². The molecule has 2 aliphatic heterocycles. The van der Waals surface area contributed by atoms with E-state index in [-0.39, 0.29) is 6.09 Å². The number of carbonyl (C=O) groups excluding carboxylic acids is 1. The van der Waals surface area contributed by atoms with Crippen molar-refractivity contribution in [2.75, 3.05) is 52.2 Å². The maximum Gasteiger partial charge on any atom is 0.410 e. The molecule has 0 saturated carbocycles. The minimum Gasteiger partial charge on any atom is -0.450 e. The lowest BCUT2D eigenvalue weighted by Crippen LogP contribution is -2.35. The van der Waals surface area contributed by atoms with E-state index in [0.717, 1.165) is 54.0 Å². The number of anilines is 2. The number of likely N-dealkylation sites (tertiary alicyclic amines) is 1. The number of aliphatic hydroxyl groups excluding tert-OH is 1. The van der Waals surface area contributed by atoms with Crippen LogP contribution in [0.25, 0.3) is 11.2 Å². The van der Waals surface area contributed by atoms with E-state index in [9.17, 15) is 9.90 Å². The summed E-state index contributed by atoms with van der Waals surface area (Å²) in [6, 6.07) is 12.2. The highest BCUT2D eigenvalue weighted by molar-refractivity contribution is 5.79. The van der Waals surface area contributed by atoms with Gasteiger partial charge in [-0.1, -0.05) is 18.2 Å². The number of ether oxygens (including phenoxy) is 1. The lowest BCUT2D eigenvalue weighted by Gasteiger charge is -2.25. The maximum absolute atomic E-state index is 12.0. The van der Waals surface area contributed by atoms with E-state index in [0.29, 0.717) is 31.7 Å². The van der Waals surface area contributed by atoms with Crippen molar-refractivity contribution in [3.05, 3.63) is 59.8 Å². The summed E-state index contributed by atoms with van der Waals surface area (Å²) in [5.74, 6) is 0.499. The molecule has 1 fully saturated rings. The van der Waals surface area contributed by atoms with Crippen LogP contribution in [-0.2, 0) is 4.74 Å². The molecule has 2 unspecified atom stereocenters. The summed E-state index contributed by atoms with van der Waals surface area (Å²) < 4.78 is 6.88. The van der Waals surface area contributed by atoms with Crippen molar-refractivity contribution >= 4 is 28.9 Å². The van der Waals surface area contributed by atoms with Crippen molar-refractivity contribution in [2.24, 2.45) is 0 Å². The third-order valence-corrected chi connectivity index (χ3v) is 7.18. The number of fused-ring (bicyclic) bond motifs is 1. The predicted molar refractivity (Wildman–Crippen MR) is 143 cm³/mol. The van der Waals surface area contributed by atoms with Crippen LogP contribution in [0.3, 0.4) is 0 Å². The van der Waals surface area contributed by atoms with Gasteiger partial charge < -0.3 is 25.0 Å². The summed E-state index contributed by atoms with van der Waals surface area (Å²) in [6.45, 7) is 5.05. The van der Waals surface area contributed by atoms with Gasteiger partial charge in [-0.25, -0.2) is 9.31 Å². The Kier molecular flexibility index (Phi) is 7.40. The first-order valence-electron chi connectivity index (χ1n) is 12.8. The molecule has 10 nitrogen and oxygen atoms in total. The SMILES string of the molecule is CCOC(=O)N1CC=C(c2cccn3nc(Nc4ccc(C(O)N5CCC(N(C)C)C5)cc4)nc23)CC1. The van der Waals surface area contributed by atoms with Crippen LogP contribution in [0.5, 0.6) is 0 Å². The van der Waals surface area contributed by atoms with Gasteiger partial charge in [0.25, 0.3) is 0 Å². The number of rotatable bonds is 7. The normalized spacial score (nSPS) is 19.3. The minimum atomic E-state index is -0.613. The molecular weight excluding hydrogens is 470 g/mol. The summed E-state index contributed by atoms with van der Waals surface area (Å²) in [5.41, 5.74) is 4.63. The van der Waals surface area contributed by atoms with E-state index in [1.54, 1.807) is 9.42 Å². The third kappa shape index (κ3) is 5.46. The first-order chi connectivity index (χ1) is 17.9. The number of pyridine rings is 1. The second-order valence-corrected chi connectivity index (χ2v) is 9.77. The van der Waals surface area contributed by atoms with Gasteiger partial charge in [-0.3, -0.25) is 4.90 Å². The van der Waals surface area contributed by atoms with Gasteiger partial charge >= 0.3 is 6.09 Å². The zero-order valence-electron chi connectivity index (χ0n) is 21.7. The Morgan fingerprint density at radius 2 is 2.05 bits per heavy atom. The third-order valence-electron chi connectivity index (χ3n) is 7.18. The van der Waals surface area contributed by atoms with Gasteiger partial charge in [0, 0.05) is 49.7 Å². The number of amides is 1. The summed E-state index contributed by atoms with van der Waals surface area (Å²) in [5, 5.41) is 18.7. The van der Waals surface area contributed by atoms with Crippen LogP contribution in [0.15, 0.2) is 48.7 Å². The van der Waals surface area contributed by atoms with E-state index in [2.05, 4.69) is 40.4 Å². The van der Waals surface area contributed by atoms with E-state index in [1.165, 1.54) is 0 Å².